The number of rotatable bonds is 9. The number of esters is 1. The van der Waals surface area contributed by atoms with Gasteiger partial charge < -0.3 is 0 Å². The monoisotopic (exact) mass is 258 g/mol. The van der Waals surface area contributed by atoms with E-state index in [0.29, 0.717) is 18.8 Å². The zero-order chi connectivity index (χ0) is 12.4. The second-order valence-corrected chi connectivity index (χ2v) is 9.94. The molecule has 4 nitrogen and oxygen atoms in total. The molecular weight excluding hydrogens is 239 g/mol. The van der Waals surface area contributed by atoms with Gasteiger partial charge in [-0.15, -0.1) is 0 Å². The maximum absolute atomic E-state index is 11.0. The summed E-state index contributed by atoms with van der Waals surface area (Å²) in [6, 6.07) is 0. The van der Waals surface area contributed by atoms with Gasteiger partial charge in [-0.25, -0.2) is 0 Å². The standard InChI is InChI=1S/C10H19O4S.Na/c1-2-14-10(11)8-6-4-3-5-7-9-15(12)13;/h2-9H2,1H3;. The number of carbonyl (C=O) groups excluding carboxylic acids is 1. The van der Waals surface area contributed by atoms with Crippen molar-refractivity contribution in [2.24, 2.45) is 0 Å². The Kier molecular flexibility index (Phi) is 9.70. The molecule has 0 bridgehead atoms. The number of hydrogen-bond donors (Lipinski definition) is 0. The van der Waals surface area contributed by atoms with Gasteiger partial charge >= 0.3 is 114 Å². The Bertz CT molecular complexity index is 287. The van der Waals surface area contributed by atoms with Crippen molar-refractivity contribution in [2.75, 3.05) is 12.4 Å². The van der Waals surface area contributed by atoms with Crippen LogP contribution in [0.1, 0.15) is 45.4 Å². The Morgan fingerprint density at radius 2 is 1.69 bits per heavy atom. The topological polar surface area (TPSA) is 60.4 Å². The number of unbranched alkanes of at least 4 members (excludes halogenated alkanes) is 4. The Labute approximate surface area is 113 Å². The van der Waals surface area contributed by atoms with E-state index in [1.54, 1.807) is 6.92 Å². The third-order valence-corrected chi connectivity index (χ3v) is 4.46. The normalized spacial score (nSPS) is 11.4. The van der Waals surface area contributed by atoms with Crippen LogP contribution in [0, 0.1) is 0 Å². The summed E-state index contributed by atoms with van der Waals surface area (Å²) < 4.78 is 26.6. The zero-order valence-electron chi connectivity index (χ0n) is 10.2. The van der Waals surface area contributed by atoms with Crippen molar-refractivity contribution < 1.29 is 17.9 Å². The summed E-state index contributed by atoms with van der Waals surface area (Å²) >= 11 is 0.257. The number of hydrogen-bond acceptors (Lipinski definition) is 4. The minimum absolute atomic E-state index is 0.135. The first-order chi connectivity index (χ1) is 7.45. The van der Waals surface area contributed by atoms with Crippen LogP contribution in [-0.4, -0.2) is 53.1 Å². The van der Waals surface area contributed by atoms with Crippen LogP contribution in [0.3, 0.4) is 0 Å². The van der Waals surface area contributed by atoms with Gasteiger partial charge in [0.15, 0.2) is 0 Å². The fourth-order valence-corrected chi connectivity index (χ4v) is 2.99. The van der Waals surface area contributed by atoms with Crippen LogP contribution in [0.5, 0.6) is 0 Å². The Hall–Kier alpha value is 0.420. The van der Waals surface area contributed by atoms with Gasteiger partial charge in [0.25, 0.3) is 0 Å². The summed E-state index contributed by atoms with van der Waals surface area (Å²) in [6.07, 6.45) is 4.98. The second kappa shape index (κ2) is 9.45. The average Bonchev–Trinajstić information content (AvgIpc) is 2.15. The summed E-state index contributed by atoms with van der Waals surface area (Å²) in [5.74, 6) is -2.48. The van der Waals surface area contributed by atoms with E-state index in [1.807, 2.05) is 0 Å². The van der Waals surface area contributed by atoms with Crippen molar-refractivity contribution in [1.82, 2.24) is 0 Å². The molecule has 6 heteroatoms. The van der Waals surface area contributed by atoms with Gasteiger partial charge in [-0.1, -0.05) is 0 Å². The summed E-state index contributed by atoms with van der Waals surface area (Å²) in [5, 5.41) is 0. The Balaban J connectivity index is 3.25. The summed E-state index contributed by atoms with van der Waals surface area (Å²) in [6.45, 7) is 2.24. The van der Waals surface area contributed by atoms with Crippen molar-refractivity contribution in [3.05, 3.63) is 0 Å². The molecular formula is C10H19NaO4S. The molecule has 0 aromatic heterocycles. The predicted octanol–water partition coefficient (Wildman–Crippen LogP) is 1.39. The molecule has 0 atom stereocenters. The zero-order valence-corrected chi connectivity index (χ0v) is 13.0. The first-order valence-corrected chi connectivity index (χ1v) is 10.3. The second-order valence-electron chi connectivity index (χ2n) is 3.95. The molecule has 0 aliphatic heterocycles. The first kappa shape index (κ1) is 16.4. The molecule has 0 spiro atoms. The van der Waals surface area contributed by atoms with E-state index in [1.165, 1.54) is 0 Å². The van der Waals surface area contributed by atoms with E-state index in [0.717, 1.165) is 32.1 Å². The molecule has 0 fully saturated rings. The molecule has 0 rings (SSSR count). The molecule has 0 saturated heterocycles. The van der Waals surface area contributed by atoms with Gasteiger partial charge in [-0.05, 0) is 0 Å². The number of ether oxygens (including phenoxy) is 1. The predicted molar refractivity (Wildman–Crippen MR) is 63.9 cm³/mol. The van der Waals surface area contributed by atoms with Gasteiger partial charge in [0.2, 0.25) is 0 Å². The quantitative estimate of drug-likeness (QED) is 0.356. The average molecular weight is 258 g/mol. The van der Waals surface area contributed by atoms with Gasteiger partial charge in [-0.3, -0.25) is 0 Å². The van der Waals surface area contributed by atoms with Crippen LogP contribution in [0.2, 0.25) is 0 Å². The fourth-order valence-electron chi connectivity index (χ4n) is 1.40. The fraction of sp³-hybridized carbons (Fsp3) is 0.900. The molecule has 0 amide bonds. The third-order valence-electron chi connectivity index (χ3n) is 2.20. The van der Waals surface area contributed by atoms with Crippen LogP contribution < -0.4 is 0 Å². The number of carbonyl (C=O) groups is 1. The van der Waals surface area contributed by atoms with Crippen molar-refractivity contribution in [3.63, 3.8) is 0 Å². The maximum atomic E-state index is 11.0. The van der Waals surface area contributed by atoms with Crippen LogP contribution in [0.25, 0.3) is 0 Å². The van der Waals surface area contributed by atoms with Crippen LogP contribution in [0.15, 0.2) is 0 Å². The molecule has 0 N–H and O–H groups in total. The molecule has 0 saturated carbocycles. The van der Waals surface area contributed by atoms with Gasteiger partial charge in [0.05, 0.1) is 0 Å². The van der Waals surface area contributed by atoms with Crippen molar-refractivity contribution in [2.45, 2.75) is 45.4 Å². The van der Waals surface area contributed by atoms with Gasteiger partial charge in [0.1, 0.15) is 0 Å². The van der Waals surface area contributed by atoms with Crippen molar-refractivity contribution >= 4 is 38.3 Å². The molecule has 0 aliphatic rings. The van der Waals surface area contributed by atoms with Crippen molar-refractivity contribution in [1.29, 1.82) is 0 Å². The molecule has 0 radical (unpaired) electrons. The summed E-state index contributed by atoms with van der Waals surface area (Å²) in [5.41, 5.74) is 0. The molecule has 90 valence electrons. The van der Waals surface area contributed by atoms with Crippen molar-refractivity contribution in [3.8, 4) is 0 Å². The van der Waals surface area contributed by atoms with E-state index in [-0.39, 0.29) is 32.3 Å². The van der Waals surface area contributed by atoms with Crippen LogP contribution >= 0.6 is 0 Å². The van der Waals surface area contributed by atoms with E-state index in [9.17, 15) is 13.2 Å². The molecule has 0 aromatic carbocycles. The molecule has 0 heterocycles. The first-order valence-electron chi connectivity index (χ1n) is 5.79. The van der Waals surface area contributed by atoms with E-state index >= 15 is 0 Å². The summed E-state index contributed by atoms with van der Waals surface area (Å²) in [4.78, 5) is 11.0. The van der Waals surface area contributed by atoms with E-state index in [2.05, 4.69) is 0 Å². The molecule has 0 unspecified atom stereocenters. The van der Waals surface area contributed by atoms with Gasteiger partial charge in [0, 0.05) is 0 Å². The van der Waals surface area contributed by atoms with Crippen LogP contribution in [-0.2, 0) is 15.5 Å². The van der Waals surface area contributed by atoms with Crippen LogP contribution in [0.4, 0.5) is 0 Å². The Morgan fingerprint density at radius 3 is 2.25 bits per heavy atom. The van der Waals surface area contributed by atoms with E-state index in [4.69, 9.17) is 4.74 Å². The van der Waals surface area contributed by atoms with E-state index < -0.39 is 5.96 Å². The summed E-state index contributed by atoms with van der Waals surface area (Å²) in [7, 11) is 0. The minimum atomic E-state index is -2.67. The molecule has 0 aromatic rings. The molecule has 0 aliphatic carbocycles. The third kappa shape index (κ3) is 12.5. The SMILES string of the molecule is CCOC(=O)CCCCCCC[S](=O)(=O)[Na]. The van der Waals surface area contributed by atoms with Gasteiger partial charge in [-0.2, -0.15) is 0 Å². The molecule has 16 heavy (non-hydrogen) atoms. The Morgan fingerprint density at radius 1 is 1.12 bits per heavy atom.